The Labute approximate surface area is 137 Å². The zero-order chi connectivity index (χ0) is 16.5. The molecule has 0 saturated heterocycles. The van der Waals surface area contributed by atoms with Gasteiger partial charge in [0, 0.05) is 6.42 Å². The maximum absolute atomic E-state index is 11.5. The lowest BCUT2D eigenvalue weighted by molar-refractivity contribution is -0.121. The molecule has 23 heavy (non-hydrogen) atoms. The fourth-order valence-corrected chi connectivity index (χ4v) is 1.99. The van der Waals surface area contributed by atoms with Crippen LogP contribution in [0.25, 0.3) is 0 Å². The van der Waals surface area contributed by atoms with Crippen molar-refractivity contribution in [2.45, 2.75) is 26.9 Å². The largest absolute Gasteiger partial charge is 0.489 e. The molecule has 120 valence electrons. The second kappa shape index (κ2) is 8.73. The van der Waals surface area contributed by atoms with Crippen LogP contribution in [0.3, 0.4) is 0 Å². The highest BCUT2D eigenvalue weighted by molar-refractivity contribution is 5.82. The minimum absolute atomic E-state index is 0.0703. The van der Waals surface area contributed by atoms with Crippen LogP contribution < -0.4 is 10.2 Å². The molecule has 0 fully saturated rings. The summed E-state index contributed by atoms with van der Waals surface area (Å²) >= 11 is 0. The molecule has 0 saturated carbocycles. The van der Waals surface area contributed by atoms with Gasteiger partial charge in [0.15, 0.2) is 0 Å². The summed E-state index contributed by atoms with van der Waals surface area (Å²) < 4.78 is 5.72. The van der Waals surface area contributed by atoms with E-state index in [1.165, 1.54) is 0 Å². The molecule has 0 radical (unpaired) electrons. The van der Waals surface area contributed by atoms with E-state index in [1.54, 1.807) is 6.21 Å². The van der Waals surface area contributed by atoms with E-state index in [0.717, 1.165) is 16.9 Å². The molecule has 1 N–H and O–H groups in total. The van der Waals surface area contributed by atoms with Gasteiger partial charge in [0.05, 0.1) is 6.21 Å². The van der Waals surface area contributed by atoms with Crippen molar-refractivity contribution in [3.05, 3.63) is 65.7 Å². The van der Waals surface area contributed by atoms with Crippen LogP contribution >= 0.6 is 0 Å². The zero-order valence-electron chi connectivity index (χ0n) is 13.5. The van der Waals surface area contributed by atoms with Gasteiger partial charge >= 0.3 is 0 Å². The number of rotatable bonds is 7. The molecule has 2 aromatic rings. The summed E-state index contributed by atoms with van der Waals surface area (Å²) in [6.07, 6.45) is 2.10. The molecule has 0 aromatic heterocycles. The first-order chi connectivity index (χ1) is 11.1. The highest BCUT2D eigenvalue weighted by Gasteiger charge is 2.02. The Morgan fingerprint density at radius 1 is 1.13 bits per heavy atom. The van der Waals surface area contributed by atoms with Crippen molar-refractivity contribution in [3.63, 3.8) is 0 Å². The average molecular weight is 310 g/mol. The van der Waals surface area contributed by atoms with Crippen LogP contribution in [0.15, 0.2) is 59.7 Å². The van der Waals surface area contributed by atoms with Crippen molar-refractivity contribution >= 4 is 12.1 Å². The monoisotopic (exact) mass is 310 g/mol. The number of amides is 1. The molecule has 1 amide bonds. The molecule has 0 bridgehead atoms. The maximum atomic E-state index is 11.5. The molecule has 0 atom stereocenters. The Morgan fingerprint density at radius 2 is 1.83 bits per heavy atom. The highest BCUT2D eigenvalue weighted by Crippen LogP contribution is 2.13. The van der Waals surface area contributed by atoms with Crippen LogP contribution in [0.2, 0.25) is 0 Å². The second-order valence-corrected chi connectivity index (χ2v) is 5.73. The van der Waals surface area contributed by atoms with Crippen LogP contribution in [0.1, 0.15) is 31.4 Å². The molecule has 2 rings (SSSR count). The lowest BCUT2D eigenvalue weighted by atomic mass is 10.1. The fraction of sp³-hybridized carbons (Fsp3) is 0.263. The molecule has 0 heterocycles. The average Bonchev–Trinajstić information content (AvgIpc) is 2.54. The first kappa shape index (κ1) is 16.7. The summed E-state index contributed by atoms with van der Waals surface area (Å²) in [5.74, 6) is 1.06. The van der Waals surface area contributed by atoms with Gasteiger partial charge in [-0.2, -0.15) is 5.10 Å². The first-order valence-electron chi connectivity index (χ1n) is 7.72. The topological polar surface area (TPSA) is 50.7 Å². The molecule has 4 heteroatoms. The van der Waals surface area contributed by atoms with Crippen molar-refractivity contribution < 1.29 is 9.53 Å². The second-order valence-electron chi connectivity index (χ2n) is 5.73. The number of hydrogen-bond acceptors (Lipinski definition) is 3. The third-order valence-corrected chi connectivity index (χ3v) is 3.12. The fourth-order valence-electron chi connectivity index (χ4n) is 1.99. The summed E-state index contributed by atoms with van der Waals surface area (Å²) in [5, 5.41) is 3.95. The Morgan fingerprint density at radius 3 is 2.48 bits per heavy atom. The quantitative estimate of drug-likeness (QED) is 0.625. The summed E-state index contributed by atoms with van der Waals surface area (Å²) in [4.78, 5) is 11.5. The first-order valence-corrected chi connectivity index (χ1v) is 7.72. The predicted molar refractivity (Wildman–Crippen MR) is 92.4 cm³/mol. The van der Waals surface area contributed by atoms with Gasteiger partial charge in [-0.1, -0.05) is 44.2 Å². The van der Waals surface area contributed by atoms with Crippen LogP contribution in [0.4, 0.5) is 0 Å². The van der Waals surface area contributed by atoms with Crippen LogP contribution in [0, 0.1) is 5.92 Å². The van der Waals surface area contributed by atoms with Gasteiger partial charge in [-0.05, 0) is 41.3 Å². The minimum atomic E-state index is -0.0703. The molecule has 0 aliphatic rings. The summed E-state index contributed by atoms with van der Waals surface area (Å²) in [6.45, 7) is 4.54. The van der Waals surface area contributed by atoms with E-state index in [0.29, 0.717) is 18.9 Å². The van der Waals surface area contributed by atoms with E-state index in [9.17, 15) is 4.79 Å². The van der Waals surface area contributed by atoms with Gasteiger partial charge in [-0.25, -0.2) is 5.43 Å². The van der Waals surface area contributed by atoms with Crippen molar-refractivity contribution in [1.82, 2.24) is 5.43 Å². The van der Waals surface area contributed by atoms with Gasteiger partial charge in [-0.15, -0.1) is 0 Å². The Kier molecular flexibility index (Phi) is 6.36. The number of nitrogens with zero attached hydrogens (tertiary/aromatic N) is 1. The summed E-state index contributed by atoms with van der Waals surface area (Å²) in [7, 11) is 0. The number of ether oxygens (including phenoxy) is 1. The molecule has 0 aliphatic heterocycles. The van der Waals surface area contributed by atoms with Gasteiger partial charge in [0.1, 0.15) is 12.4 Å². The van der Waals surface area contributed by atoms with E-state index in [4.69, 9.17) is 4.74 Å². The van der Waals surface area contributed by atoms with Crippen molar-refractivity contribution in [1.29, 1.82) is 0 Å². The van der Waals surface area contributed by atoms with Crippen LogP contribution in [0.5, 0.6) is 5.75 Å². The molecular formula is C19H22N2O2. The molecule has 0 spiro atoms. The Balaban J connectivity index is 1.81. The van der Waals surface area contributed by atoms with Gasteiger partial charge in [0.2, 0.25) is 5.91 Å². The zero-order valence-corrected chi connectivity index (χ0v) is 13.5. The number of hydrazone groups is 1. The maximum Gasteiger partial charge on any atom is 0.240 e. The van der Waals surface area contributed by atoms with Crippen molar-refractivity contribution in [3.8, 4) is 5.75 Å². The number of benzene rings is 2. The van der Waals surface area contributed by atoms with Crippen LogP contribution in [-0.4, -0.2) is 12.1 Å². The van der Waals surface area contributed by atoms with Crippen molar-refractivity contribution in [2.24, 2.45) is 11.0 Å². The number of carbonyl (C=O) groups is 1. The Bertz CT molecular complexity index is 634. The van der Waals surface area contributed by atoms with Gasteiger partial charge in [0.25, 0.3) is 0 Å². The summed E-state index contributed by atoms with van der Waals surface area (Å²) in [5.41, 5.74) is 4.56. The third-order valence-electron chi connectivity index (χ3n) is 3.12. The smallest absolute Gasteiger partial charge is 0.240 e. The molecule has 4 nitrogen and oxygen atoms in total. The number of hydrogen-bond donors (Lipinski definition) is 1. The predicted octanol–water partition coefficient (Wildman–Crippen LogP) is 3.76. The number of nitrogens with one attached hydrogen (secondary N) is 1. The molecular weight excluding hydrogens is 288 g/mol. The van der Waals surface area contributed by atoms with Gasteiger partial charge < -0.3 is 4.74 Å². The number of carbonyl (C=O) groups excluding carboxylic acids is 1. The van der Waals surface area contributed by atoms with Gasteiger partial charge in [-0.3, -0.25) is 4.79 Å². The van der Waals surface area contributed by atoms with E-state index in [-0.39, 0.29) is 5.91 Å². The van der Waals surface area contributed by atoms with E-state index >= 15 is 0 Å². The molecule has 2 aromatic carbocycles. The standard InChI is InChI=1S/C19H22N2O2/c1-15(2)12-19(22)21-20-13-16-8-10-18(11-9-16)23-14-17-6-4-3-5-7-17/h3-11,13,15H,12,14H2,1-2H3,(H,21,22)/b20-13+. The lowest BCUT2D eigenvalue weighted by Gasteiger charge is -2.06. The highest BCUT2D eigenvalue weighted by atomic mass is 16.5. The summed E-state index contributed by atoms with van der Waals surface area (Å²) in [6, 6.07) is 17.6. The van der Waals surface area contributed by atoms with Crippen LogP contribution in [-0.2, 0) is 11.4 Å². The minimum Gasteiger partial charge on any atom is -0.489 e. The van der Waals surface area contributed by atoms with E-state index in [1.807, 2.05) is 68.4 Å². The lowest BCUT2D eigenvalue weighted by Crippen LogP contribution is -2.19. The molecule has 0 unspecified atom stereocenters. The van der Waals surface area contributed by atoms with E-state index < -0.39 is 0 Å². The van der Waals surface area contributed by atoms with E-state index in [2.05, 4.69) is 10.5 Å². The normalized spacial score (nSPS) is 10.9. The molecule has 0 aliphatic carbocycles. The third kappa shape index (κ3) is 6.34. The Hall–Kier alpha value is -2.62. The van der Waals surface area contributed by atoms with Crippen molar-refractivity contribution in [2.75, 3.05) is 0 Å². The SMILES string of the molecule is CC(C)CC(=O)N/N=C/c1ccc(OCc2ccccc2)cc1.